The van der Waals surface area contributed by atoms with Gasteiger partial charge >= 0.3 is 0 Å². The highest BCUT2D eigenvalue weighted by Gasteiger charge is 2.07. The molecular formula is C30H50Cl2N2O2. The number of nitrogens with zero attached hydrogens (tertiary/aromatic N) is 2. The van der Waals surface area contributed by atoms with Crippen LogP contribution in [-0.2, 0) is 0 Å². The highest BCUT2D eigenvalue weighted by molar-refractivity contribution is 5.85. The van der Waals surface area contributed by atoms with Gasteiger partial charge in [-0.2, -0.15) is 0 Å². The molecule has 2 rings (SSSR count). The van der Waals surface area contributed by atoms with Crippen molar-refractivity contribution in [2.45, 2.75) is 79.1 Å². The molecule has 0 saturated heterocycles. The number of halogens is 2. The lowest BCUT2D eigenvalue weighted by Crippen LogP contribution is -2.25. The second-order valence-electron chi connectivity index (χ2n) is 9.07. The average molecular weight is 542 g/mol. The van der Waals surface area contributed by atoms with Crippen molar-refractivity contribution >= 4 is 36.2 Å². The van der Waals surface area contributed by atoms with E-state index in [9.17, 15) is 0 Å². The van der Waals surface area contributed by atoms with Crippen molar-refractivity contribution in [3.05, 3.63) is 48.5 Å². The van der Waals surface area contributed by atoms with Crippen LogP contribution < -0.4 is 19.3 Å². The Labute approximate surface area is 233 Å². The number of rotatable bonds is 19. The van der Waals surface area contributed by atoms with Crippen LogP contribution in [0, 0.1) is 0 Å². The Bertz CT molecular complexity index is 675. The Balaban J connectivity index is 0.00000612. The summed E-state index contributed by atoms with van der Waals surface area (Å²) in [5, 5.41) is 0. The molecular weight excluding hydrogens is 491 g/mol. The van der Waals surface area contributed by atoms with Crippen LogP contribution >= 0.6 is 24.8 Å². The molecule has 6 heteroatoms. The maximum atomic E-state index is 5.92. The van der Waals surface area contributed by atoms with Gasteiger partial charge in [0, 0.05) is 37.6 Å². The third-order valence-corrected chi connectivity index (χ3v) is 6.15. The van der Waals surface area contributed by atoms with Gasteiger partial charge in [0.1, 0.15) is 24.7 Å². The second kappa shape index (κ2) is 21.3. The van der Waals surface area contributed by atoms with Gasteiger partial charge in [0.05, 0.1) is 0 Å². The van der Waals surface area contributed by atoms with Crippen molar-refractivity contribution in [2.24, 2.45) is 0 Å². The largest absolute Gasteiger partial charge is 0.490 e. The Morgan fingerprint density at radius 2 is 0.750 bits per heavy atom. The van der Waals surface area contributed by atoms with E-state index in [0.717, 1.165) is 37.7 Å². The first kappa shape index (κ1) is 34.2. The van der Waals surface area contributed by atoms with Gasteiger partial charge in [-0.25, -0.2) is 0 Å². The first-order valence-corrected chi connectivity index (χ1v) is 13.7. The molecule has 0 radical (unpaired) electrons. The number of ether oxygens (including phenoxy) is 2. The van der Waals surface area contributed by atoms with Crippen molar-refractivity contribution in [3.63, 3.8) is 0 Å². The summed E-state index contributed by atoms with van der Waals surface area (Å²) < 4.78 is 11.8. The van der Waals surface area contributed by atoms with Crippen LogP contribution in [0.25, 0.3) is 0 Å². The molecule has 0 spiro atoms. The van der Waals surface area contributed by atoms with Crippen molar-refractivity contribution in [3.8, 4) is 11.5 Å². The normalized spacial score (nSPS) is 10.2. The highest BCUT2D eigenvalue weighted by Crippen LogP contribution is 2.22. The van der Waals surface area contributed by atoms with E-state index >= 15 is 0 Å². The summed E-state index contributed by atoms with van der Waals surface area (Å²) in [5.74, 6) is 1.80. The number of benzene rings is 2. The molecule has 2 aromatic rings. The van der Waals surface area contributed by atoms with Gasteiger partial charge < -0.3 is 19.3 Å². The van der Waals surface area contributed by atoms with Crippen LogP contribution in [0.1, 0.15) is 79.1 Å². The summed E-state index contributed by atoms with van der Waals surface area (Å²) in [4.78, 5) is 4.99. The number of hydrogen-bond acceptors (Lipinski definition) is 4. The van der Waals surface area contributed by atoms with Crippen molar-refractivity contribution in [1.29, 1.82) is 0 Å². The minimum Gasteiger partial charge on any atom is -0.490 e. The van der Waals surface area contributed by atoms with E-state index in [1.165, 1.54) is 62.7 Å². The number of anilines is 2. The molecule has 2 aromatic carbocycles. The lowest BCUT2D eigenvalue weighted by molar-refractivity contribution is 0.217. The summed E-state index contributed by atoms with van der Waals surface area (Å²) in [6.45, 7) is 14.6. The van der Waals surface area contributed by atoms with Crippen LogP contribution in [0.3, 0.4) is 0 Å². The maximum absolute atomic E-state index is 5.92. The monoisotopic (exact) mass is 540 g/mol. The van der Waals surface area contributed by atoms with Crippen LogP contribution in [0.5, 0.6) is 11.5 Å². The Morgan fingerprint density at radius 3 is 1.00 bits per heavy atom. The minimum atomic E-state index is 0. The molecule has 0 aliphatic rings. The quantitative estimate of drug-likeness (QED) is 0.166. The van der Waals surface area contributed by atoms with Gasteiger partial charge in [-0.15, -0.1) is 24.8 Å². The Hall–Kier alpha value is -1.78. The lowest BCUT2D eigenvalue weighted by Gasteiger charge is -2.25. The van der Waals surface area contributed by atoms with Crippen LogP contribution in [0.2, 0.25) is 0 Å². The molecule has 0 aromatic heterocycles. The molecule has 0 unspecified atom stereocenters. The molecule has 0 bridgehead atoms. The Kier molecular flexibility index (Phi) is 20.3. The molecule has 0 amide bonds. The van der Waals surface area contributed by atoms with Crippen molar-refractivity contribution in [1.82, 2.24) is 0 Å². The smallest absolute Gasteiger partial charge is 0.122 e. The summed E-state index contributed by atoms with van der Waals surface area (Å²) in [7, 11) is 0. The van der Waals surface area contributed by atoms with Gasteiger partial charge in [0.2, 0.25) is 0 Å². The predicted molar refractivity (Wildman–Crippen MR) is 162 cm³/mol. The molecule has 0 heterocycles. The SMILES string of the molecule is CCCCN(CCCC)c1ccc(OCCOc2ccc(N(CCCC)CCCC)cc2)cc1.Cl.Cl. The standard InChI is InChI=1S/C30H48N2O2.2ClH/c1-5-9-21-31(22-10-6-2)27-13-17-29(18-14-27)33-25-26-34-30-19-15-28(16-20-30)32(23-11-7-3)24-12-8-4;;/h13-20H,5-12,21-26H2,1-4H3;2*1H. The molecule has 36 heavy (non-hydrogen) atoms. The topological polar surface area (TPSA) is 24.9 Å². The van der Waals surface area contributed by atoms with Crippen molar-refractivity contribution < 1.29 is 9.47 Å². The van der Waals surface area contributed by atoms with Gasteiger partial charge in [0.15, 0.2) is 0 Å². The fourth-order valence-electron chi connectivity index (χ4n) is 3.96. The van der Waals surface area contributed by atoms with Crippen LogP contribution in [0.4, 0.5) is 11.4 Å². The molecule has 0 saturated carbocycles. The van der Waals surface area contributed by atoms with Gasteiger partial charge in [-0.1, -0.05) is 53.4 Å². The van der Waals surface area contributed by atoms with Gasteiger partial charge in [-0.05, 0) is 74.2 Å². The van der Waals surface area contributed by atoms with Gasteiger partial charge in [0.25, 0.3) is 0 Å². The Morgan fingerprint density at radius 1 is 0.472 bits per heavy atom. The van der Waals surface area contributed by atoms with E-state index in [4.69, 9.17) is 9.47 Å². The molecule has 0 atom stereocenters. The van der Waals surface area contributed by atoms with Crippen LogP contribution in [0.15, 0.2) is 48.5 Å². The van der Waals surface area contributed by atoms with E-state index in [0.29, 0.717) is 13.2 Å². The lowest BCUT2D eigenvalue weighted by atomic mass is 10.2. The third kappa shape index (κ3) is 13.0. The number of hydrogen-bond donors (Lipinski definition) is 0. The first-order chi connectivity index (χ1) is 16.7. The fourth-order valence-corrected chi connectivity index (χ4v) is 3.96. The molecule has 0 aliphatic heterocycles. The zero-order valence-electron chi connectivity index (χ0n) is 23.0. The highest BCUT2D eigenvalue weighted by atomic mass is 35.5. The van der Waals surface area contributed by atoms with E-state index in [1.807, 2.05) is 0 Å². The summed E-state index contributed by atoms with van der Waals surface area (Å²) in [6.07, 6.45) is 9.83. The molecule has 206 valence electrons. The van der Waals surface area contributed by atoms with Gasteiger partial charge in [-0.3, -0.25) is 0 Å². The fraction of sp³-hybridized carbons (Fsp3) is 0.600. The molecule has 4 nitrogen and oxygen atoms in total. The summed E-state index contributed by atoms with van der Waals surface area (Å²) in [5.41, 5.74) is 2.58. The summed E-state index contributed by atoms with van der Waals surface area (Å²) >= 11 is 0. The average Bonchev–Trinajstić information content (AvgIpc) is 2.88. The molecule has 0 fully saturated rings. The van der Waals surface area contributed by atoms with Crippen molar-refractivity contribution in [2.75, 3.05) is 49.2 Å². The van der Waals surface area contributed by atoms with Crippen LogP contribution in [-0.4, -0.2) is 39.4 Å². The van der Waals surface area contributed by atoms with E-state index < -0.39 is 0 Å². The summed E-state index contributed by atoms with van der Waals surface area (Å²) in [6, 6.07) is 17.1. The minimum absolute atomic E-state index is 0. The van der Waals surface area contributed by atoms with E-state index in [1.54, 1.807) is 0 Å². The zero-order valence-corrected chi connectivity index (χ0v) is 24.7. The third-order valence-electron chi connectivity index (χ3n) is 6.15. The number of unbranched alkanes of at least 4 members (excludes halogenated alkanes) is 4. The second-order valence-corrected chi connectivity index (χ2v) is 9.07. The maximum Gasteiger partial charge on any atom is 0.122 e. The molecule has 0 aliphatic carbocycles. The first-order valence-electron chi connectivity index (χ1n) is 13.7. The zero-order chi connectivity index (χ0) is 24.4. The molecule has 0 N–H and O–H groups in total. The predicted octanol–water partition coefficient (Wildman–Crippen LogP) is 8.80. The van der Waals surface area contributed by atoms with E-state index in [2.05, 4.69) is 86.0 Å². The van der Waals surface area contributed by atoms with E-state index in [-0.39, 0.29) is 24.8 Å².